The molecule has 5 nitrogen and oxygen atoms in total. The lowest BCUT2D eigenvalue weighted by Gasteiger charge is -2.19. The van der Waals surface area contributed by atoms with Crippen molar-refractivity contribution in [1.29, 1.82) is 0 Å². The fourth-order valence-corrected chi connectivity index (χ4v) is 5.10. The Bertz CT molecular complexity index is 716. The third-order valence-electron chi connectivity index (χ3n) is 5.32. The fraction of sp³-hybridized carbons (Fsp3) is 0.632. The van der Waals surface area contributed by atoms with Gasteiger partial charge in [0.05, 0.1) is 4.90 Å². The minimum Gasteiger partial charge on any atom is -0.339 e. The van der Waals surface area contributed by atoms with Crippen LogP contribution in [0.1, 0.15) is 67.3 Å². The first-order chi connectivity index (χ1) is 12.0. The number of benzene rings is 1. The number of carbonyl (C=O) groups is 1. The quantitative estimate of drug-likeness (QED) is 0.834. The predicted octanol–water partition coefficient (Wildman–Crippen LogP) is 3.23. The van der Waals surface area contributed by atoms with Crippen molar-refractivity contribution in [3.05, 3.63) is 29.3 Å². The minimum atomic E-state index is -3.59. The van der Waals surface area contributed by atoms with E-state index in [0.717, 1.165) is 57.2 Å². The molecule has 1 heterocycles. The summed E-state index contributed by atoms with van der Waals surface area (Å²) in [6.07, 6.45) is 8.32. The van der Waals surface area contributed by atoms with Gasteiger partial charge in [0.1, 0.15) is 0 Å². The van der Waals surface area contributed by atoms with Gasteiger partial charge in [-0.3, -0.25) is 4.79 Å². The maximum atomic E-state index is 12.8. The van der Waals surface area contributed by atoms with E-state index < -0.39 is 10.0 Å². The maximum absolute atomic E-state index is 12.8. The van der Waals surface area contributed by atoms with Crippen molar-refractivity contribution >= 4 is 15.9 Å². The number of nitrogens with one attached hydrogen (secondary N) is 1. The number of likely N-dealkylation sites (tertiary alicyclic amines) is 1. The molecule has 138 valence electrons. The molecular formula is C19H28N2O3S. The van der Waals surface area contributed by atoms with Crippen molar-refractivity contribution in [2.24, 2.45) is 0 Å². The molecule has 1 aliphatic carbocycles. The molecule has 1 amide bonds. The molecule has 25 heavy (non-hydrogen) atoms. The third-order valence-corrected chi connectivity index (χ3v) is 6.84. The molecule has 6 heteroatoms. The van der Waals surface area contributed by atoms with E-state index in [-0.39, 0.29) is 16.8 Å². The summed E-state index contributed by atoms with van der Waals surface area (Å²) in [5.74, 6) is -0.0542. The normalized spacial score (nSPS) is 19.8. The summed E-state index contributed by atoms with van der Waals surface area (Å²) in [7, 11) is -3.59. The molecule has 1 aromatic carbocycles. The smallest absolute Gasteiger partial charge is 0.254 e. The lowest BCUT2D eigenvalue weighted by molar-refractivity contribution is 0.0792. The second-order valence-corrected chi connectivity index (χ2v) is 9.00. The van der Waals surface area contributed by atoms with Gasteiger partial charge in [0, 0.05) is 24.7 Å². The van der Waals surface area contributed by atoms with Crippen molar-refractivity contribution in [3.8, 4) is 0 Å². The Labute approximate surface area is 150 Å². The summed E-state index contributed by atoms with van der Waals surface area (Å²) in [5, 5.41) is 0. The van der Waals surface area contributed by atoms with Crippen LogP contribution in [0.25, 0.3) is 0 Å². The number of hydrogen-bond acceptors (Lipinski definition) is 3. The summed E-state index contributed by atoms with van der Waals surface area (Å²) in [6.45, 7) is 3.38. The average molecular weight is 365 g/mol. The highest BCUT2D eigenvalue weighted by Gasteiger charge is 2.25. The van der Waals surface area contributed by atoms with Crippen molar-refractivity contribution < 1.29 is 13.2 Å². The summed E-state index contributed by atoms with van der Waals surface area (Å²) >= 11 is 0. The van der Waals surface area contributed by atoms with E-state index in [0.29, 0.717) is 5.56 Å². The van der Waals surface area contributed by atoms with Crippen LogP contribution in [0, 0.1) is 6.92 Å². The van der Waals surface area contributed by atoms with E-state index in [2.05, 4.69) is 4.72 Å². The number of carbonyl (C=O) groups excluding carboxylic acids is 1. The zero-order valence-corrected chi connectivity index (χ0v) is 15.8. The second kappa shape index (κ2) is 7.87. The molecule has 1 saturated heterocycles. The van der Waals surface area contributed by atoms with E-state index in [4.69, 9.17) is 0 Å². The monoisotopic (exact) mass is 364 g/mol. The number of sulfonamides is 1. The zero-order valence-electron chi connectivity index (χ0n) is 15.0. The molecule has 1 N–H and O–H groups in total. The molecular weight excluding hydrogens is 336 g/mol. The van der Waals surface area contributed by atoms with Gasteiger partial charge < -0.3 is 4.90 Å². The van der Waals surface area contributed by atoms with Crippen LogP contribution in [0.4, 0.5) is 0 Å². The summed E-state index contributed by atoms with van der Waals surface area (Å²) in [5.41, 5.74) is 1.33. The van der Waals surface area contributed by atoms with Crippen LogP contribution >= 0.6 is 0 Å². The van der Waals surface area contributed by atoms with Crippen molar-refractivity contribution in [2.45, 2.75) is 69.2 Å². The van der Waals surface area contributed by atoms with Crippen LogP contribution in [0.3, 0.4) is 0 Å². The largest absolute Gasteiger partial charge is 0.339 e. The standard InChI is InChI=1S/C19H28N2O3S/c1-15-10-11-17(14-18(15)19(22)21-12-6-7-13-21)25(23,24)20-16-8-4-2-3-5-9-16/h10-11,14,16,20H,2-9,12-13H2,1H3. The Hall–Kier alpha value is -1.40. The predicted molar refractivity (Wildman–Crippen MR) is 98.1 cm³/mol. The van der Waals surface area contributed by atoms with Crippen molar-refractivity contribution in [2.75, 3.05) is 13.1 Å². The first kappa shape index (κ1) is 18.4. The number of aryl methyl sites for hydroxylation is 1. The molecule has 0 aromatic heterocycles. The van der Waals surface area contributed by atoms with Gasteiger partial charge >= 0.3 is 0 Å². The van der Waals surface area contributed by atoms with Gasteiger partial charge in [0.2, 0.25) is 10.0 Å². The van der Waals surface area contributed by atoms with E-state index in [1.165, 1.54) is 12.8 Å². The molecule has 0 atom stereocenters. The van der Waals surface area contributed by atoms with Crippen LogP contribution in [-0.4, -0.2) is 38.4 Å². The molecule has 0 bridgehead atoms. The van der Waals surface area contributed by atoms with Gasteiger partial charge in [-0.05, 0) is 50.3 Å². The molecule has 2 fully saturated rings. The number of nitrogens with zero attached hydrogens (tertiary/aromatic N) is 1. The second-order valence-electron chi connectivity index (χ2n) is 7.29. The first-order valence-corrected chi connectivity index (χ1v) is 10.9. The van der Waals surface area contributed by atoms with E-state index in [1.54, 1.807) is 18.2 Å². The Morgan fingerprint density at radius 3 is 2.32 bits per heavy atom. The lowest BCUT2D eigenvalue weighted by Crippen LogP contribution is -2.34. The summed E-state index contributed by atoms with van der Waals surface area (Å²) < 4.78 is 28.4. The SMILES string of the molecule is Cc1ccc(S(=O)(=O)NC2CCCCCC2)cc1C(=O)N1CCCC1. The molecule has 2 aliphatic rings. The van der Waals surface area contributed by atoms with Gasteiger partial charge in [-0.25, -0.2) is 13.1 Å². The van der Waals surface area contributed by atoms with Crippen molar-refractivity contribution in [3.63, 3.8) is 0 Å². The summed E-state index contributed by atoms with van der Waals surface area (Å²) in [6, 6.07) is 4.90. The maximum Gasteiger partial charge on any atom is 0.254 e. The van der Waals surface area contributed by atoms with E-state index >= 15 is 0 Å². The fourth-order valence-electron chi connectivity index (χ4n) is 3.77. The first-order valence-electron chi connectivity index (χ1n) is 9.39. The molecule has 1 aliphatic heterocycles. The van der Waals surface area contributed by atoms with E-state index in [1.807, 2.05) is 11.8 Å². The van der Waals surface area contributed by atoms with Gasteiger partial charge in [-0.15, -0.1) is 0 Å². The van der Waals surface area contributed by atoms with Gasteiger partial charge in [-0.1, -0.05) is 31.7 Å². The highest BCUT2D eigenvalue weighted by atomic mass is 32.2. The third kappa shape index (κ3) is 4.42. The highest BCUT2D eigenvalue weighted by molar-refractivity contribution is 7.89. The van der Waals surface area contributed by atoms with E-state index in [9.17, 15) is 13.2 Å². The Balaban J connectivity index is 1.81. The average Bonchev–Trinajstić information content (AvgIpc) is 3.00. The number of amides is 1. The Morgan fingerprint density at radius 1 is 1.04 bits per heavy atom. The Morgan fingerprint density at radius 2 is 1.68 bits per heavy atom. The van der Waals surface area contributed by atoms with Gasteiger partial charge in [0.25, 0.3) is 5.91 Å². The van der Waals surface area contributed by atoms with Crippen LogP contribution in [0.15, 0.2) is 23.1 Å². The molecule has 0 spiro atoms. The zero-order chi connectivity index (χ0) is 17.9. The number of hydrogen-bond donors (Lipinski definition) is 1. The van der Waals surface area contributed by atoms with Crippen molar-refractivity contribution in [1.82, 2.24) is 9.62 Å². The van der Waals surface area contributed by atoms with Gasteiger partial charge in [-0.2, -0.15) is 0 Å². The molecule has 0 radical (unpaired) electrons. The molecule has 1 saturated carbocycles. The minimum absolute atomic E-state index is 0.00605. The van der Waals surface area contributed by atoms with Crippen LogP contribution < -0.4 is 4.72 Å². The Kier molecular flexibility index (Phi) is 5.79. The highest BCUT2D eigenvalue weighted by Crippen LogP contribution is 2.22. The molecule has 0 unspecified atom stereocenters. The van der Waals surface area contributed by atoms with Crippen LogP contribution in [-0.2, 0) is 10.0 Å². The topological polar surface area (TPSA) is 66.5 Å². The van der Waals surface area contributed by atoms with Gasteiger partial charge in [0.15, 0.2) is 0 Å². The lowest BCUT2D eigenvalue weighted by atomic mass is 10.1. The number of rotatable bonds is 4. The molecule has 1 aromatic rings. The molecule has 3 rings (SSSR count). The summed E-state index contributed by atoms with van der Waals surface area (Å²) in [4.78, 5) is 14.7. The van der Waals surface area contributed by atoms with Crippen LogP contribution in [0.2, 0.25) is 0 Å². The van der Waals surface area contributed by atoms with Crippen LogP contribution in [0.5, 0.6) is 0 Å².